The summed E-state index contributed by atoms with van der Waals surface area (Å²) in [5.74, 6) is 0. The second kappa shape index (κ2) is 2.72. The highest BCUT2D eigenvalue weighted by atomic mass is 15.2. The van der Waals surface area contributed by atoms with Crippen molar-refractivity contribution >= 4 is 5.69 Å². The average molecular weight is 188 g/mol. The Balaban J connectivity index is 1.73. The smallest absolute Gasteiger partial charge is 0.0400 e. The number of nitrogens with zero attached hydrogens (tertiary/aromatic N) is 2. The van der Waals surface area contributed by atoms with Crippen LogP contribution < -0.4 is 4.90 Å². The van der Waals surface area contributed by atoms with Gasteiger partial charge in [0.1, 0.15) is 0 Å². The molecule has 2 fully saturated rings. The third-order valence-electron chi connectivity index (χ3n) is 3.71. The molecule has 1 aliphatic carbocycles. The normalized spacial score (nSPS) is 23.1. The van der Waals surface area contributed by atoms with Crippen molar-refractivity contribution < 1.29 is 0 Å². The number of anilines is 1. The van der Waals surface area contributed by atoms with Gasteiger partial charge in [-0.2, -0.15) is 0 Å². The van der Waals surface area contributed by atoms with Gasteiger partial charge >= 0.3 is 0 Å². The maximum absolute atomic E-state index is 4.22. The summed E-state index contributed by atoms with van der Waals surface area (Å²) in [5.41, 5.74) is 3.20. The number of hydrogen-bond acceptors (Lipinski definition) is 2. The molecule has 0 N–H and O–H groups in total. The summed E-state index contributed by atoms with van der Waals surface area (Å²) in [6.07, 6.45) is 6.26. The van der Waals surface area contributed by atoms with Crippen molar-refractivity contribution in [3.63, 3.8) is 0 Å². The van der Waals surface area contributed by atoms with Gasteiger partial charge in [-0.05, 0) is 31.9 Å². The summed E-state index contributed by atoms with van der Waals surface area (Å²) in [6.45, 7) is 4.61. The van der Waals surface area contributed by atoms with E-state index in [0.29, 0.717) is 0 Å². The Morgan fingerprint density at radius 3 is 2.71 bits per heavy atom. The van der Waals surface area contributed by atoms with E-state index in [2.05, 4.69) is 28.9 Å². The van der Waals surface area contributed by atoms with Gasteiger partial charge in [0.25, 0.3) is 0 Å². The monoisotopic (exact) mass is 188 g/mol. The molecule has 0 bridgehead atoms. The number of pyridine rings is 1. The van der Waals surface area contributed by atoms with Gasteiger partial charge in [-0.25, -0.2) is 0 Å². The molecule has 2 heteroatoms. The van der Waals surface area contributed by atoms with Crippen LogP contribution in [-0.2, 0) is 0 Å². The van der Waals surface area contributed by atoms with Gasteiger partial charge in [-0.3, -0.25) is 4.98 Å². The largest absolute Gasteiger partial charge is 0.370 e. The SMILES string of the molecule is Cc1cc(N2CC3(CCC3)C2)ccn1. The zero-order valence-electron chi connectivity index (χ0n) is 8.66. The van der Waals surface area contributed by atoms with E-state index < -0.39 is 0 Å². The first-order chi connectivity index (χ1) is 6.77. The van der Waals surface area contributed by atoms with Gasteiger partial charge in [-0.1, -0.05) is 6.42 Å². The summed E-state index contributed by atoms with van der Waals surface area (Å²) >= 11 is 0. The summed E-state index contributed by atoms with van der Waals surface area (Å²) in [5, 5.41) is 0. The van der Waals surface area contributed by atoms with E-state index >= 15 is 0 Å². The molecule has 1 spiro atoms. The Morgan fingerprint density at radius 2 is 2.14 bits per heavy atom. The average Bonchev–Trinajstić information content (AvgIpc) is 1.98. The number of aromatic nitrogens is 1. The molecule has 0 radical (unpaired) electrons. The Kier molecular flexibility index (Phi) is 1.61. The van der Waals surface area contributed by atoms with Gasteiger partial charge in [0, 0.05) is 36.1 Å². The third kappa shape index (κ3) is 1.13. The molecule has 14 heavy (non-hydrogen) atoms. The number of rotatable bonds is 1. The summed E-state index contributed by atoms with van der Waals surface area (Å²) in [4.78, 5) is 6.70. The van der Waals surface area contributed by atoms with Crippen molar-refractivity contribution in [1.29, 1.82) is 0 Å². The van der Waals surface area contributed by atoms with Crippen molar-refractivity contribution in [2.24, 2.45) is 5.41 Å². The summed E-state index contributed by atoms with van der Waals surface area (Å²) in [6, 6.07) is 4.31. The Bertz CT molecular complexity index is 347. The molecule has 1 aliphatic heterocycles. The predicted octanol–water partition coefficient (Wildman–Crippen LogP) is 2.38. The quantitative estimate of drug-likeness (QED) is 0.672. The van der Waals surface area contributed by atoms with E-state index in [1.807, 2.05) is 6.20 Å². The van der Waals surface area contributed by atoms with Gasteiger partial charge in [0.2, 0.25) is 0 Å². The van der Waals surface area contributed by atoms with Crippen LogP contribution in [0.25, 0.3) is 0 Å². The van der Waals surface area contributed by atoms with E-state index in [1.165, 1.54) is 38.0 Å². The fraction of sp³-hybridized carbons (Fsp3) is 0.583. The fourth-order valence-electron chi connectivity index (χ4n) is 2.67. The van der Waals surface area contributed by atoms with Crippen LogP contribution >= 0.6 is 0 Å². The minimum absolute atomic E-state index is 0.719. The molecule has 2 heterocycles. The van der Waals surface area contributed by atoms with Crippen LogP contribution in [0.15, 0.2) is 18.3 Å². The van der Waals surface area contributed by atoms with Crippen molar-refractivity contribution in [2.45, 2.75) is 26.2 Å². The van der Waals surface area contributed by atoms with E-state index in [-0.39, 0.29) is 0 Å². The standard InChI is InChI=1S/C12H16N2/c1-10-7-11(3-6-13-10)14-8-12(9-14)4-2-5-12/h3,6-7H,2,4-5,8-9H2,1H3. The van der Waals surface area contributed by atoms with Gasteiger partial charge < -0.3 is 4.90 Å². The molecule has 0 unspecified atom stereocenters. The Morgan fingerprint density at radius 1 is 1.36 bits per heavy atom. The van der Waals surface area contributed by atoms with Crippen molar-refractivity contribution in [1.82, 2.24) is 4.98 Å². The van der Waals surface area contributed by atoms with Crippen molar-refractivity contribution in [3.05, 3.63) is 24.0 Å². The van der Waals surface area contributed by atoms with Crippen molar-refractivity contribution in [2.75, 3.05) is 18.0 Å². The van der Waals surface area contributed by atoms with Crippen molar-refractivity contribution in [3.8, 4) is 0 Å². The number of hydrogen-bond donors (Lipinski definition) is 0. The molecule has 2 aliphatic rings. The van der Waals surface area contributed by atoms with E-state index in [4.69, 9.17) is 0 Å². The molecule has 3 rings (SSSR count). The molecular weight excluding hydrogens is 172 g/mol. The molecule has 1 aromatic rings. The highest BCUT2D eigenvalue weighted by Crippen LogP contribution is 2.49. The van der Waals surface area contributed by atoms with Crippen LogP contribution in [-0.4, -0.2) is 18.1 Å². The second-order valence-electron chi connectivity index (χ2n) is 4.87. The molecule has 1 aromatic heterocycles. The predicted molar refractivity (Wildman–Crippen MR) is 57.5 cm³/mol. The number of aryl methyl sites for hydroxylation is 1. The van der Waals surface area contributed by atoms with E-state index in [1.54, 1.807) is 0 Å². The molecular formula is C12H16N2. The lowest BCUT2D eigenvalue weighted by molar-refractivity contribution is 0.0904. The topological polar surface area (TPSA) is 16.1 Å². The van der Waals surface area contributed by atoms with Gasteiger partial charge in [-0.15, -0.1) is 0 Å². The highest BCUT2D eigenvalue weighted by Gasteiger charge is 2.47. The molecule has 0 amide bonds. The Hall–Kier alpha value is -1.05. The third-order valence-corrected chi connectivity index (χ3v) is 3.71. The van der Waals surface area contributed by atoms with Crippen LogP contribution in [0.4, 0.5) is 5.69 Å². The molecule has 0 atom stereocenters. The van der Waals surface area contributed by atoms with Crippen LogP contribution in [0, 0.1) is 12.3 Å². The first-order valence-electron chi connectivity index (χ1n) is 5.45. The van der Waals surface area contributed by atoms with E-state index in [0.717, 1.165) is 11.1 Å². The molecule has 1 saturated carbocycles. The summed E-state index contributed by atoms with van der Waals surface area (Å²) in [7, 11) is 0. The maximum atomic E-state index is 4.22. The zero-order valence-corrected chi connectivity index (χ0v) is 8.66. The van der Waals surface area contributed by atoms with Crippen LogP contribution in [0.5, 0.6) is 0 Å². The van der Waals surface area contributed by atoms with Gasteiger partial charge in [0.05, 0.1) is 0 Å². The van der Waals surface area contributed by atoms with E-state index in [9.17, 15) is 0 Å². The fourth-order valence-corrected chi connectivity index (χ4v) is 2.67. The minimum atomic E-state index is 0.719. The lowest BCUT2D eigenvalue weighted by Crippen LogP contribution is -2.59. The lowest BCUT2D eigenvalue weighted by atomic mass is 9.63. The maximum Gasteiger partial charge on any atom is 0.0400 e. The molecule has 1 saturated heterocycles. The molecule has 0 aromatic carbocycles. The molecule has 74 valence electrons. The second-order valence-corrected chi connectivity index (χ2v) is 4.87. The first kappa shape index (κ1) is 8.27. The minimum Gasteiger partial charge on any atom is -0.370 e. The van der Waals surface area contributed by atoms with Gasteiger partial charge in [0.15, 0.2) is 0 Å². The Labute approximate surface area is 85.0 Å². The van der Waals surface area contributed by atoms with Crippen LogP contribution in [0.1, 0.15) is 25.0 Å². The molecule has 2 nitrogen and oxygen atoms in total. The van der Waals surface area contributed by atoms with Crippen LogP contribution in [0.3, 0.4) is 0 Å². The van der Waals surface area contributed by atoms with Crippen LogP contribution in [0.2, 0.25) is 0 Å². The zero-order chi connectivity index (χ0) is 9.60. The summed E-state index contributed by atoms with van der Waals surface area (Å²) < 4.78 is 0. The first-order valence-corrected chi connectivity index (χ1v) is 5.45. The highest BCUT2D eigenvalue weighted by molar-refractivity contribution is 5.50. The lowest BCUT2D eigenvalue weighted by Gasteiger charge is -2.57.